The molecule has 130 valence electrons. The third kappa shape index (κ3) is 3.92. The predicted molar refractivity (Wildman–Crippen MR) is 97.9 cm³/mol. The summed E-state index contributed by atoms with van der Waals surface area (Å²) < 4.78 is 1.98. The number of thioether (sulfide) groups is 1. The van der Waals surface area contributed by atoms with Gasteiger partial charge in [0.1, 0.15) is 12.4 Å². The SMILES string of the molecule is CSCc1nc2ccccc2n1CC(=O)NCC(O)C1CCCC1. The molecule has 6 heteroatoms. The van der Waals surface area contributed by atoms with E-state index in [4.69, 9.17) is 0 Å². The lowest BCUT2D eigenvalue weighted by Gasteiger charge is -2.18. The summed E-state index contributed by atoms with van der Waals surface area (Å²) >= 11 is 1.69. The molecule has 0 spiro atoms. The lowest BCUT2D eigenvalue weighted by molar-refractivity contribution is -0.122. The molecule has 1 unspecified atom stereocenters. The van der Waals surface area contributed by atoms with Gasteiger partial charge in [-0.25, -0.2) is 4.98 Å². The quantitative estimate of drug-likeness (QED) is 0.808. The van der Waals surface area contributed by atoms with Gasteiger partial charge in [0.15, 0.2) is 0 Å². The van der Waals surface area contributed by atoms with Crippen molar-refractivity contribution in [3.63, 3.8) is 0 Å². The van der Waals surface area contributed by atoms with E-state index in [9.17, 15) is 9.90 Å². The number of carbonyl (C=O) groups is 1. The molecule has 5 nitrogen and oxygen atoms in total. The van der Waals surface area contributed by atoms with Crippen LogP contribution in [0.2, 0.25) is 0 Å². The summed E-state index contributed by atoms with van der Waals surface area (Å²) in [4.78, 5) is 17.0. The Bertz CT molecular complexity index is 695. The van der Waals surface area contributed by atoms with Crippen molar-refractivity contribution in [1.29, 1.82) is 0 Å². The van der Waals surface area contributed by atoms with E-state index in [1.807, 2.05) is 35.1 Å². The molecule has 1 aromatic carbocycles. The van der Waals surface area contributed by atoms with Crippen LogP contribution >= 0.6 is 11.8 Å². The molecule has 1 heterocycles. The molecule has 24 heavy (non-hydrogen) atoms. The van der Waals surface area contributed by atoms with Gasteiger partial charge in [0, 0.05) is 6.54 Å². The Labute approximate surface area is 146 Å². The number of rotatable bonds is 7. The Morgan fingerprint density at radius 1 is 1.42 bits per heavy atom. The first-order chi connectivity index (χ1) is 11.7. The van der Waals surface area contributed by atoms with Crippen LogP contribution in [0.1, 0.15) is 31.5 Å². The number of imidazole rings is 1. The third-order valence-corrected chi connectivity index (χ3v) is 5.31. The molecule has 0 radical (unpaired) electrons. The minimum Gasteiger partial charge on any atom is -0.391 e. The van der Waals surface area contributed by atoms with Crippen molar-refractivity contribution in [2.24, 2.45) is 5.92 Å². The van der Waals surface area contributed by atoms with Crippen molar-refractivity contribution in [1.82, 2.24) is 14.9 Å². The van der Waals surface area contributed by atoms with Crippen LogP contribution in [0.5, 0.6) is 0 Å². The maximum absolute atomic E-state index is 12.4. The average Bonchev–Trinajstić information content (AvgIpc) is 3.22. The van der Waals surface area contributed by atoms with Crippen molar-refractivity contribution >= 4 is 28.7 Å². The minimum atomic E-state index is -0.429. The van der Waals surface area contributed by atoms with Crippen molar-refractivity contribution in [3.05, 3.63) is 30.1 Å². The Balaban J connectivity index is 1.65. The zero-order valence-electron chi connectivity index (χ0n) is 14.1. The van der Waals surface area contributed by atoms with Crippen LogP contribution in [0.15, 0.2) is 24.3 Å². The van der Waals surface area contributed by atoms with Crippen LogP contribution in [-0.2, 0) is 17.1 Å². The third-order valence-electron chi connectivity index (χ3n) is 4.76. The van der Waals surface area contributed by atoms with Crippen LogP contribution in [-0.4, -0.2) is 39.5 Å². The molecule has 1 aromatic heterocycles. The fraction of sp³-hybridized carbons (Fsp3) is 0.556. The van der Waals surface area contributed by atoms with Gasteiger partial charge in [-0.15, -0.1) is 0 Å². The van der Waals surface area contributed by atoms with E-state index in [1.165, 1.54) is 12.8 Å². The van der Waals surface area contributed by atoms with Gasteiger partial charge in [0.2, 0.25) is 5.91 Å². The van der Waals surface area contributed by atoms with Gasteiger partial charge in [-0.3, -0.25) is 4.79 Å². The van der Waals surface area contributed by atoms with E-state index in [0.717, 1.165) is 35.5 Å². The summed E-state index contributed by atoms with van der Waals surface area (Å²) in [6.45, 7) is 0.585. The zero-order valence-corrected chi connectivity index (χ0v) is 14.9. The monoisotopic (exact) mass is 347 g/mol. The molecule has 0 bridgehead atoms. The number of aliphatic hydroxyl groups excluding tert-OH is 1. The number of nitrogens with one attached hydrogen (secondary N) is 1. The molecular formula is C18H25N3O2S. The summed E-state index contributed by atoms with van der Waals surface area (Å²) in [6.07, 6.45) is 6.12. The van der Waals surface area contributed by atoms with Gasteiger partial charge in [0.05, 0.1) is 22.9 Å². The second-order valence-corrected chi connectivity index (χ2v) is 7.32. The van der Waals surface area contributed by atoms with E-state index in [0.29, 0.717) is 12.5 Å². The van der Waals surface area contributed by atoms with Gasteiger partial charge in [-0.05, 0) is 37.1 Å². The number of fused-ring (bicyclic) bond motifs is 1. The summed E-state index contributed by atoms with van der Waals surface area (Å²) in [7, 11) is 0. The van der Waals surface area contributed by atoms with E-state index < -0.39 is 6.10 Å². The van der Waals surface area contributed by atoms with Crippen molar-refractivity contribution in [3.8, 4) is 0 Å². The zero-order chi connectivity index (χ0) is 16.9. The lowest BCUT2D eigenvalue weighted by atomic mass is 10.0. The van der Waals surface area contributed by atoms with Gasteiger partial charge in [0.25, 0.3) is 0 Å². The summed E-state index contributed by atoms with van der Waals surface area (Å²) in [5.74, 6) is 1.95. The maximum atomic E-state index is 12.4. The largest absolute Gasteiger partial charge is 0.391 e. The molecule has 2 aromatic rings. The van der Waals surface area contributed by atoms with Crippen LogP contribution < -0.4 is 5.32 Å². The highest BCUT2D eigenvalue weighted by Crippen LogP contribution is 2.27. The highest BCUT2D eigenvalue weighted by molar-refractivity contribution is 7.97. The second-order valence-electron chi connectivity index (χ2n) is 6.45. The number of carbonyl (C=O) groups excluding carboxylic acids is 1. The van der Waals surface area contributed by atoms with Crippen molar-refractivity contribution in [2.75, 3.05) is 12.8 Å². The summed E-state index contributed by atoms with van der Waals surface area (Å²) in [5, 5.41) is 13.1. The smallest absolute Gasteiger partial charge is 0.240 e. The fourth-order valence-electron chi connectivity index (χ4n) is 3.47. The number of aromatic nitrogens is 2. The van der Waals surface area contributed by atoms with Crippen LogP contribution in [0.3, 0.4) is 0 Å². The first kappa shape index (κ1) is 17.3. The first-order valence-electron chi connectivity index (χ1n) is 8.57. The minimum absolute atomic E-state index is 0.0717. The van der Waals surface area contributed by atoms with Gasteiger partial charge in [-0.1, -0.05) is 25.0 Å². The van der Waals surface area contributed by atoms with Crippen molar-refractivity contribution in [2.45, 2.75) is 44.1 Å². The summed E-state index contributed by atoms with van der Waals surface area (Å²) in [6, 6.07) is 7.88. The van der Waals surface area contributed by atoms with Gasteiger partial charge >= 0.3 is 0 Å². The maximum Gasteiger partial charge on any atom is 0.240 e. The molecule has 1 atom stereocenters. The summed E-state index contributed by atoms with van der Waals surface area (Å²) in [5.41, 5.74) is 1.90. The number of amides is 1. The van der Waals surface area contributed by atoms with Gasteiger partial charge in [-0.2, -0.15) is 11.8 Å². The number of nitrogens with zero attached hydrogens (tertiary/aromatic N) is 2. The topological polar surface area (TPSA) is 67.2 Å². The Kier molecular flexibility index (Phi) is 5.79. The normalized spacial score (nSPS) is 16.6. The molecular weight excluding hydrogens is 322 g/mol. The van der Waals surface area contributed by atoms with Crippen LogP contribution in [0.25, 0.3) is 11.0 Å². The fourth-order valence-corrected chi connectivity index (χ4v) is 3.95. The highest BCUT2D eigenvalue weighted by Gasteiger charge is 2.23. The second kappa shape index (κ2) is 8.03. The molecule has 3 rings (SSSR count). The Morgan fingerprint density at radius 3 is 2.92 bits per heavy atom. The highest BCUT2D eigenvalue weighted by atomic mass is 32.2. The number of benzene rings is 1. The number of hydrogen-bond donors (Lipinski definition) is 2. The standard InChI is InChI=1S/C18H25N3O2S/c1-24-12-17-20-14-8-4-5-9-15(14)21(17)11-18(23)19-10-16(22)13-6-2-3-7-13/h4-5,8-9,13,16,22H,2-3,6-7,10-12H2,1H3,(H,19,23). The van der Waals surface area contributed by atoms with E-state index >= 15 is 0 Å². The average molecular weight is 347 g/mol. The molecule has 1 aliphatic rings. The number of hydrogen-bond acceptors (Lipinski definition) is 4. The molecule has 1 saturated carbocycles. The first-order valence-corrected chi connectivity index (χ1v) is 9.96. The van der Waals surface area contributed by atoms with Crippen LogP contribution in [0.4, 0.5) is 0 Å². The molecule has 2 N–H and O–H groups in total. The van der Waals surface area contributed by atoms with E-state index in [1.54, 1.807) is 11.8 Å². The molecule has 1 aliphatic carbocycles. The molecule has 0 saturated heterocycles. The molecule has 0 aliphatic heterocycles. The van der Waals surface area contributed by atoms with Gasteiger partial charge < -0.3 is 15.0 Å². The molecule has 1 fully saturated rings. The van der Waals surface area contributed by atoms with E-state index in [2.05, 4.69) is 10.3 Å². The lowest BCUT2D eigenvalue weighted by Crippen LogP contribution is -2.37. The van der Waals surface area contributed by atoms with Crippen molar-refractivity contribution < 1.29 is 9.90 Å². The van der Waals surface area contributed by atoms with E-state index in [-0.39, 0.29) is 12.5 Å². The van der Waals surface area contributed by atoms with Crippen LogP contribution in [0, 0.1) is 5.92 Å². The Hall–Kier alpha value is -1.53. The molecule has 1 amide bonds. The number of para-hydroxylation sites is 2. The Morgan fingerprint density at radius 2 is 2.17 bits per heavy atom. The number of aliphatic hydroxyl groups is 1. The predicted octanol–water partition coefficient (Wildman–Crippen LogP) is 2.57.